The predicted molar refractivity (Wildman–Crippen MR) is 69.6 cm³/mol. The van der Waals surface area contributed by atoms with E-state index in [0.29, 0.717) is 7.57 Å². The lowest BCUT2D eigenvalue weighted by Gasteiger charge is -2.19. The maximum Gasteiger partial charge on any atom is 0.303 e. The summed E-state index contributed by atoms with van der Waals surface area (Å²) in [6.07, 6.45) is -0.723. The van der Waals surface area contributed by atoms with E-state index >= 15 is 0 Å². The Labute approximate surface area is 118 Å². The van der Waals surface area contributed by atoms with Gasteiger partial charge in [0.2, 0.25) is 0 Å². The Morgan fingerprint density at radius 1 is 1.59 bits per heavy atom. The van der Waals surface area contributed by atoms with Gasteiger partial charge < -0.3 is 5.11 Å². The molecule has 0 saturated carbocycles. The van der Waals surface area contributed by atoms with Gasteiger partial charge in [0.25, 0.3) is 5.92 Å². The molecule has 1 heterocycles. The minimum Gasteiger partial charge on any atom is -0.481 e. The molecule has 0 fully saturated rings. The van der Waals surface area contributed by atoms with Crippen molar-refractivity contribution in [2.24, 2.45) is 5.92 Å². The maximum absolute atomic E-state index is 13.9. The topological polar surface area (TPSA) is 37.3 Å². The second-order valence-corrected chi connectivity index (χ2v) is 7.60. The van der Waals surface area contributed by atoms with Crippen LogP contribution in [-0.4, -0.2) is 11.1 Å². The number of carbonyl (C=O) groups is 1. The first-order chi connectivity index (χ1) is 7.72. The number of thiophene rings is 1. The third-order valence-electron chi connectivity index (χ3n) is 2.18. The van der Waals surface area contributed by atoms with Crippen molar-refractivity contribution in [2.75, 3.05) is 0 Å². The molecular weight excluding hydrogens is 382 g/mol. The zero-order valence-corrected chi connectivity index (χ0v) is 12.8. The molecule has 1 aromatic rings. The normalized spacial score (nSPS) is 13.7. The fraction of sp³-hybridized carbons (Fsp3) is 0.500. The third-order valence-corrected chi connectivity index (χ3v) is 4.52. The quantitative estimate of drug-likeness (QED) is 0.777. The summed E-state index contributed by atoms with van der Waals surface area (Å²) < 4.78 is 28.8. The number of hydrogen-bond acceptors (Lipinski definition) is 2. The SMILES string of the molecule is CC(CC(=O)O)CC(F)(F)c1cc(Br)sc1Br. The monoisotopic (exact) mass is 390 g/mol. The Morgan fingerprint density at radius 2 is 2.18 bits per heavy atom. The molecular formula is C10H10Br2F2O2S. The first-order valence-corrected chi connectivity index (χ1v) is 7.17. The molecule has 2 nitrogen and oxygen atoms in total. The summed E-state index contributed by atoms with van der Waals surface area (Å²) in [6, 6.07) is 1.36. The third kappa shape index (κ3) is 4.30. The van der Waals surface area contributed by atoms with E-state index in [-0.39, 0.29) is 12.0 Å². The lowest BCUT2D eigenvalue weighted by molar-refractivity contribution is -0.138. The second kappa shape index (κ2) is 5.75. The van der Waals surface area contributed by atoms with Gasteiger partial charge >= 0.3 is 5.97 Å². The maximum atomic E-state index is 13.9. The molecule has 0 spiro atoms. The number of halogens is 4. The summed E-state index contributed by atoms with van der Waals surface area (Å²) in [5, 5.41) is 8.55. The molecule has 0 aliphatic rings. The van der Waals surface area contributed by atoms with Crippen LogP contribution in [0.3, 0.4) is 0 Å². The van der Waals surface area contributed by atoms with Crippen molar-refractivity contribution < 1.29 is 18.7 Å². The Balaban J connectivity index is 2.81. The molecule has 0 aliphatic heterocycles. The Hall–Kier alpha value is -0.0100. The van der Waals surface area contributed by atoms with Gasteiger partial charge in [-0.15, -0.1) is 11.3 Å². The van der Waals surface area contributed by atoms with Gasteiger partial charge in [0.05, 0.1) is 7.57 Å². The van der Waals surface area contributed by atoms with Crippen LogP contribution in [0.25, 0.3) is 0 Å². The molecule has 0 amide bonds. The van der Waals surface area contributed by atoms with E-state index in [4.69, 9.17) is 5.11 Å². The number of aliphatic carboxylic acids is 1. The van der Waals surface area contributed by atoms with E-state index in [1.165, 1.54) is 24.3 Å². The minimum absolute atomic E-state index is 0.0911. The van der Waals surface area contributed by atoms with E-state index < -0.39 is 24.2 Å². The summed E-state index contributed by atoms with van der Waals surface area (Å²) in [5.74, 6) is -4.65. The van der Waals surface area contributed by atoms with Crippen molar-refractivity contribution >= 4 is 49.2 Å². The van der Waals surface area contributed by atoms with Gasteiger partial charge in [-0.05, 0) is 43.8 Å². The van der Waals surface area contributed by atoms with Gasteiger partial charge in [0, 0.05) is 18.4 Å². The van der Waals surface area contributed by atoms with Gasteiger partial charge in [-0.25, -0.2) is 8.78 Å². The molecule has 0 saturated heterocycles. The molecule has 0 aromatic carbocycles. The number of carboxylic acids is 1. The molecule has 1 atom stereocenters. The van der Waals surface area contributed by atoms with Crippen LogP contribution in [0.15, 0.2) is 13.6 Å². The number of hydrogen-bond donors (Lipinski definition) is 1. The first-order valence-electron chi connectivity index (χ1n) is 4.77. The number of carboxylic acid groups (broad SMARTS) is 1. The molecule has 1 unspecified atom stereocenters. The van der Waals surface area contributed by atoms with Gasteiger partial charge in [0.15, 0.2) is 0 Å². The van der Waals surface area contributed by atoms with Crippen LogP contribution in [0.2, 0.25) is 0 Å². The number of alkyl halides is 2. The van der Waals surface area contributed by atoms with Crippen LogP contribution in [0.1, 0.15) is 25.3 Å². The second-order valence-electron chi connectivity index (χ2n) is 3.85. The standard InChI is InChI=1S/C10H10Br2F2O2S/c1-5(2-8(15)16)4-10(13,14)6-3-7(11)17-9(6)12/h3,5H,2,4H2,1H3,(H,15,16). The van der Waals surface area contributed by atoms with Crippen LogP contribution in [0.4, 0.5) is 8.78 Å². The molecule has 1 rings (SSSR count). The lowest BCUT2D eigenvalue weighted by atomic mass is 9.96. The van der Waals surface area contributed by atoms with E-state index in [9.17, 15) is 13.6 Å². The fourth-order valence-corrected chi connectivity index (χ4v) is 4.47. The zero-order valence-electron chi connectivity index (χ0n) is 8.84. The highest BCUT2D eigenvalue weighted by molar-refractivity contribution is 9.12. The fourth-order valence-electron chi connectivity index (χ4n) is 1.51. The van der Waals surface area contributed by atoms with Gasteiger partial charge in [-0.3, -0.25) is 4.79 Å². The van der Waals surface area contributed by atoms with Crippen LogP contribution < -0.4 is 0 Å². The largest absolute Gasteiger partial charge is 0.481 e. The van der Waals surface area contributed by atoms with Crippen LogP contribution in [0, 0.1) is 5.92 Å². The highest BCUT2D eigenvalue weighted by atomic mass is 79.9. The average molecular weight is 392 g/mol. The minimum atomic E-state index is -3.02. The molecule has 0 radical (unpaired) electrons. The van der Waals surface area contributed by atoms with Crippen molar-refractivity contribution in [3.63, 3.8) is 0 Å². The van der Waals surface area contributed by atoms with E-state index in [0.717, 1.165) is 0 Å². The molecule has 7 heteroatoms. The average Bonchev–Trinajstić information content (AvgIpc) is 2.42. The lowest BCUT2D eigenvalue weighted by Crippen LogP contribution is -2.19. The van der Waals surface area contributed by atoms with Gasteiger partial charge in [0.1, 0.15) is 0 Å². The number of rotatable bonds is 5. The van der Waals surface area contributed by atoms with E-state index in [1.54, 1.807) is 0 Å². The predicted octanol–water partition coefficient (Wildman–Crippen LogP) is 4.87. The van der Waals surface area contributed by atoms with Gasteiger partial charge in [-0.1, -0.05) is 6.92 Å². The van der Waals surface area contributed by atoms with E-state index in [1.807, 2.05) is 0 Å². The summed E-state index contributed by atoms with van der Waals surface area (Å²) in [7, 11) is 0. The van der Waals surface area contributed by atoms with Crippen LogP contribution >= 0.6 is 43.2 Å². The smallest absolute Gasteiger partial charge is 0.303 e. The Bertz CT molecular complexity index is 420. The first kappa shape index (κ1) is 15.0. The molecule has 0 bridgehead atoms. The van der Waals surface area contributed by atoms with Crippen molar-refractivity contribution in [1.29, 1.82) is 0 Å². The van der Waals surface area contributed by atoms with E-state index in [2.05, 4.69) is 31.9 Å². The highest BCUT2D eigenvalue weighted by Crippen LogP contribution is 2.44. The summed E-state index contributed by atoms with van der Waals surface area (Å²) in [4.78, 5) is 10.4. The molecule has 0 aliphatic carbocycles. The molecule has 96 valence electrons. The summed E-state index contributed by atoms with van der Waals surface area (Å²) in [6.45, 7) is 1.51. The summed E-state index contributed by atoms with van der Waals surface area (Å²) in [5.41, 5.74) is -0.0911. The zero-order chi connectivity index (χ0) is 13.2. The van der Waals surface area contributed by atoms with Crippen molar-refractivity contribution in [3.8, 4) is 0 Å². The molecule has 1 aromatic heterocycles. The summed E-state index contributed by atoms with van der Waals surface area (Å²) >= 11 is 7.40. The van der Waals surface area contributed by atoms with Crippen LogP contribution in [0.5, 0.6) is 0 Å². The van der Waals surface area contributed by atoms with Crippen molar-refractivity contribution in [3.05, 3.63) is 19.2 Å². The Morgan fingerprint density at radius 3 is 2.59 bits per heavy atom. The van der Waals surface area contributed by atoms with Crippen molar-refractivity contribution in [2.45, 2.75) is 25.7 Å². The Kier molecular flexibility index (Phi) is 5.09. The van der Waals surface area contributed by atoms with Crippen LogP contribution in [-0.2, 0) is 10.7 Å². The van der Waals surface area contributed by atoms with Gasteiger partial charge in [-0.2, -0.15) is 0 Å². The highest BCUT2D eigenvalue weighted by Gasteiger charge is 2.37. The molecule has 17 heavy (non-hydrogen) atoms. The van der Waals surface area contributed by atoms with Crippen molar-refractivity contribution in [1.82, 2.24) is 0 Å². The molecule has 1 N–H and O–H groups in total.